The molecule has 0 spiro atoms. The average Bonchev–Trinajstić information content (AvgIpc) is 3.49. The van der Waals surface area contributed by atoms with Crippen molar-refractivity contribution in [2.75, 3.05) is 39.6 Å². The number of aliphatic hydroxyl groups excluding tert-OH is 1. The maximum absolute atomic E-state index is 13.0. The SMILES string of the molecule is CCC(C)CCCCCCCCCCC(=O)O[C@H](COC(=O)CCCCCCCCC(C)C)COP(=O)(O)OC[C@H](O)COP(=O)(O)OC[C@@H](COC(=O)CCCCCCCCCCC(C)C)OC(=O)CCCCCCCCCCCCCCCC(C)C. The molecule has 0 aromatic heterocycles. The molecule has 17 nitrogen and oxygen atoms in total. The van der Waals surface area contributed by atoms with Crippen molar-refractivity contribution in [1.82, 2.24) is 0 Å². The molecule has 0 aliphatic carbocycles. The van der Waals surface area contributed by atoms with Crippen LogP contribution in [-0.2, 0) is 65.4 Å². The molecule has 0 fully saturated rings. The molecule has 6 atom stereocenters. The first kappa shape index (κ1) is 86.1. The third-order valence-electron chi connectivity index (χ3n) is 16.2. The van der Waals surface area contributed by atoms with Gasteiger partial charge in [0.05, 0.1) is 26.4 Å². The quantitative estimate of drug-likeness (QED) is 0.0222. The minimum Gasteiger partial charge on any atom is -0.462 e. The highest BCUT2D eigenvalue weighted by atomic mass is 31.2. The molecule has 0 aliphatic rings. The maximum atomic E-state index is 13.0. The molecule has 19 heteroatoms. The molecule has 3 unspecified atom stereocenters. The van der Waals surface area contributed by atoms with Crippen LogP contribution in [0.2, 0.25) is 0 Å². The second kappa shape index (κ2) is 58.8. The van der Waals surface area contributed by atoms with Gasteiger partial charge < -0.3 is 33.8 Å². The normalized spacial score (nSPS) is 14.6. The zero-order valence-corrected chi connectivity index (χ0v) is 59.1. The van der Waals surface area contributed by atoms with E-state index in [2.05, 4.69) is 55.4 Å². The van der Waals surface area contributed by atoms with E-state index < -0.39 is 97.5 Å². The molecule has 0 amide bonds. The third kappa shape index (κ3) is 61.6. The van der Waals surface area contributed by atoms with Gasteiger partial charge in [-0.2, -0.15) is 0 Å². The van der Waals surface area contributed by atoms with E-state index in [9.17, 15) is 43.2 Å². The minimum atomic E-state index is -4.95. The number of unbranched alkanes of at least 4 members (excludes halogenated alkanes) is 31. The number of phosphoric ester groups is 2. The molecule has 0 bridgehead atoms. The van der Waals surface area contributed by atoms with Crippen molar-refractivity contribution >= 4 is 39.5 Å². The summed E-state index contributed by atoms with van der Waals surface area (Å²) in [6, 6.07) is 0. The molecule has 0 heterocycles. The van der Waals surface area contributed by atoms with E-state index in [-0.39, 0.29) is 25.7 Å². The van der Waals surface area contributed by atoms with Crippen LogP contribution in [-0.4, -0.2) is 96.7 Å². The van der Waals surface area contributed by atoms with Gasteiger partial charge in [0, 0.05) is 25.7 Å². The van der Waals surface area contributed by atoms with E-state index in [4.69, 9.17) is 37.0 Å². The average molecular weight is 1300 g/mol. The van der Waals surface area contributed by atoms with Crippen molar-refractivity contribution in [3.63, 3.8) is 0 Å². The summed E-state index contributed by atoms with van der Waals surface area (Å²) in [5, 5.41) is 10.6. The lowest BCUT2D eigenvalue weighted by molar-refractivity contribution is -0.161. The van der Waals surface area contributed by atoms with E-state index in [1.807, 2.05) is 0 Å². The Morgan fingerprint density at radius 2 is 0.545 bits per heavy atom. The Kier molecular flexibility index (Phi) is 57.6. The number of rotatable bonds is 66. The lowest BCUT2D eigenvalue weighted by Crippen LogP contribution is -2.30. The van der Waals surface area contributed by atoms with Crippen molar-refractivity contribution in [3.8, 4) is 0 Å². The summed E-state index contributed by atoms with van der Waals surface area (Å²) in [6.45, 7) is 14.0. The summed E-state index contributed by atoms with van der Waals surface area (Å²) >= 11 is 0. The highest BCUT2D eigenvalue weighted by Crippen LogP contribution is 2.45. The van der Waals surface area contributed by atoms with E-state index in [1.165, 1.54) is 135 Å². The summed E-state index contributed by atoms with van der Waals surface area (Å²) in [6.07, 6.45) is 40.4. The molecular weight excluding hydrogens is 1160 g/mol. The number of carbonyl (C=O) groups is 4. The second-order valence-corrected chi connectivity index (χ2v) is 29.5. The first-order valence-electron chi connectivity index (χ1n) is 35.7. The van der Waals surface area contributed by atoms with Crippen LogP contribution in [0, 0.1) is 23.7 Å². The molecule has 3 N–H and O–H groups in total. The monoisotopic (exact) mass is 1300 g/mol. The number of carbonyl (C=O) groups excluding carboxylic acids is 4. The Morgan fingerprint density at radius 1 is 0.318 bits per heavy atom. The number of hydrogen-bond donors (Lipinski definition) is 3. The van der Waals surface area contributed by atoms with Crippen molar-refractivity contribution in [1.29, 1.82) is 0 Å². The first-order chi connectivity index (χ1) is 42.1. The van der Waals surface area contributed by atoms with Crippen LogP contribution in [0.15, 0.2) is 0 Å². The summed E-state index contributed by atoms with van der Waals surface area (Å²) in [4.78, 5) is 72.4. The summed E-state index contributed by atoms with van der Waals surface area (Å²) < 4.78 is 68.2. The lowest BCUT2D eigenvalue weighted by atomic mass is 9.99. The van der Waals surface area contributed by atoms with Crippen LogP contribution < -0.4 is 0 Å². The Balaban J connectivity index is 5.25. The van der Waals surface area contributed by atoms with Gasteiger partial charge in [0.1, 0.15) is 19.3 Å². The van der Waals surface area contributed by atoms with Crippen molar-refractivity contribution in [2.45, 2.75) is 356 Å². The number of phosphoric acid groups is 2. The molecule has 522 valence electrons. The van der Waals surface area contributed by atoms with Gasteiger partial charge in [-0.25, -0.2) is 9.13 Å². The highest BCUT2D eigenvalue weighted by molar-refractivity contribution is 7.47. The number of ether oxygens (including phenoxy) is 4. The van der Waals surface area contributed by atoms with Crippen molar-refractivity contribution in [3.05, 3.63) is 0 Å². The van der Waals surface area contributed by atoms with Crippen molar-refractivity contribution < 1.29 is 80.2 Å². The van der Waals surface area contributed by atoms with Crippen LogP contribution >= 0.6 is 15.6 Å². The topological polar surface area (TPSA) is 237 Å². The fourth-order valence-electron chi connectivity index (χ4n) is 10.3. The van der Waals surface area contributed by atoms with Crippen LogP contribution in [0.4, 0.5) is 0 Å². The van der Waals surface area contributed by atoms with Crippen LogP contribution in [0.3, 0.4) is 0 Å². The summed E-state index contributed by atoms with van der Waals surface area (Å²) in [5.74, 6) is 0.828. The highest BCUT2D eigenvalue weighted by Gasteiger charge is 2.30. The molecule has 0 rings (SSSR count). The fourth-order valence-corrected chi connectivity index (χ4v) is 11.9. The Morgan fingerprint density at radius 3 is 0.807 bits per heavy atom. The van der Waals surface area contributed by atoms with Crippen LogP contribution in [0.1, 0.15) is 338 Å². The van der Waals surface area contributed by atoms with Gasteiger partial charge >= 0.3 is 39.5 Å². The molecule has 0 saturated carbocycles. The van der Waals surface area contributed by atoms with E-state index in [1.54, 1.807) is 0 Å². The third-order valence-corrected chi connectivity index (χ3v) is 18.1. The molecule has 0 aromatic carbocycles. The molecule has 0 radical (unpaired) electrons. The Labute approximate surface area is 537 Å². The molecule has 88 heavy (non-hydrogen) atoms. The molecule has 0 aromatic rings. The lowest BCUT2D eigenvalue weighted by Gasteiger charge is -2.21. The van der Waals surface area contributed by atoms with Gasteiger partial charge in [0.25, 0.3) is 0 Å². The predicted molar refractivity (Wildman–Crippen MR) is 354 cm³/mol. The van der Waals surface area contributed by atoms with Gasteiger partial charge in [0.15, 0.2) is 12.2 Å². The van der Waals surface area contributed by atoms with E-state index in [0.717, 1.165) is 114 Å². The van der Waals surface area contributed by atoms with Crippen LogP contribution in [0.5, 0.6) is 0 Å². The Bertz CT molecular complexity index is 1750. The maximum Gasteiger partial charge on any atom is 0.472 e. The first-order valence-corrected chi connectivity index (χ1v) is 38.7. The molecular formula is C69H134O17P2. The summed E-state index contributed by atoms with van der Waals surface area (Å²) in [7, 11) is -9.90. The molecule has 0 aliphatic heterocycles. The zero-order chi connectivity index (χ0) is 65.4. The van der Waals surface area contributed by atoms with Gasteiger partial charge in [-0.05, 0) is 49.4 Å². The van der Waals surface area contributed by atoms with Gasteiger partial charge in [-0.3, -0.25) is 37.3 Å². The standard InChI is InChI=1S/C69H134O17P2/c1-9-62(8)48-40-32-23-18-20-26-36-44-52-69(74)86-65(56-80-67(72)50-42-34-28-27-31-39-47-61(6)7)58-84-88(77,78)82-54-63(70)53-81-87(75,76)83-57-64(55-79-66(71)49-41-33-24-19-17-22-30-38-46-60(4)5)85-68(73)51-43-35-25-16-14-12-10-11-13-15-21-29-37-45-59(2)3/h59-65,70H,9-58H2,1-8H3,(H,75,76)(H,77,78)/t62?,63-,64-,65-/m1/s1. The predicted octanol–water partition coefficient (Wildman–Crippen LogP) is 19.3. The van der Waals surface area contributed by atoms with Crippen molar-refractivity contribution in [2.24, 2.45) is 23.7 Å². The fraction of sp³-hybridized carbons (Fsp3) is 0.942. The molecule has 0 saturated heterocycles. The van der Waals surface area contributed by atoms with Gasteiger partial charge in [0.2, 0.25) is 0 Å². The second-order valence-electron chi connectivity index (χ2n) is 26.6. The van der Waals surface area contributed by atoms with Gasteiger partial charge in [-0.15, -0.1) is 0 Å². The number of hydrogen-bond acceptors (Lipinski definition) is 15. The minimum absolute atomic E-state index is 0.103. The smallest absolute Gasteiger partial charge is 0.462 e. The Hall–Kier alpha value is -1.94. The van der Waals surface area contributed by atoms with E-state index in [0.29, 0.717) is 31.6 Å². The number of esters is 4. The largest absolute Gasteiger partial charge is 0.472 e. The summed E-state index contributed by atoms with van der Waals surface area (Å²) in [5.41, 5.74) is 0. The van der Waals surface area contributed by atoms with Gasteiger partial charge in [-0.1, -0.05) is 287 Å². The number of aliphatic hydroxyl groups is 1. The van der Waals surface area contributed by atoms with Crippen LogP contribution in [0.25, 0.3) is 0 Å². The van der Waals surface area contributed by atoms with E-state index >= 15 is 0 Å². The zero-order valence-electron chi connectivity index (χ0n) is 57.3.